The highest BCUT2D eigenvalue weighted by Crippen LogP contribution is 1.98. The van der Waals surface area contributed by atoms with Gasteiger partial charge in [-0.25, -0.2) is 0 Å². The van der Waals surface area contributed by atoms with E-state index in [0.29, 0.717) is 0 Å². The van der Waals surface area contributed by atoms with Crippen LogP contribution in [0.2, 0.25) is 0 Å². The molecule has 0 saturated heterocycles. The number of benzene rings is 1. The zero-order valence-electron chi connectivity index (χ0n) is 6.58. The van der Waals surface area contributed by atoms with Crippen molar-refractivity contribution in [3.05, 3.63) is 35.9 Å². The van der Waals surface area contributed by atoms with E-state index in [4.69, 9.17) is 12.6 Å². The molecule has 1 atom stereocenters. The lowest BCUT2D eigenvalue weighted by Crippen LogP contribution is -2.19. The van der Waals surface area contributed by atoms with Crippen molar-refractivity contribution in [3.8, 4) is 0 Å². The number of hydrogen-bond donors (Lipinski definition) is 1. The highest BCUT2D eigenvalue weighted by molar-refractivity contribution is 7.80. The predicted octanol–water partition coefficient (Wildman–Crippen LogP) is 2.32. The fourth-order valence-electron chi connectivity index (χ4n) is 0.857. The van der Waals surface area contributed by atoms with E-state index < -0.39 is 0 Å². The molecule has 0 fully saturated rings. The second kappa shape index (κ2) is 4.42. The minimum Gasteiger partial charge on any atom is -0.301 e. The Labute approximate surface area is 73.2 Å². The molecule has 0 aliphatic heterocycles. The Kier molecular flexibility index (Phi) is 3.46. The Bertz CT molecular complexity index is 196. The Balaban J connectivity index is 2.39. The average molecular weight is 166 g/mol. The Morgan fingerprint density at radius 3 is 2.55 bits per heavy atom. The monoisotopic (exact) mass is 166 g/mol. The van der Waals surface area contributed by atoms with Gasteiger partial charge in [-0.15, -0.1) is 0 Å². The van der Waals surface area contributed by atoms with Gasteiger partial charge in [0.05, 0.1) is 5.37 Å². The highest BCUT2D eigenvalue weighted by Gasteiger charge is 1.93. The molecule has 0 aliphatic carbocycles. The van der Waals surface area contributed by atoms with E-state index in [2.05, 4.69) is 17.4 Å². The maximum absolute atomic E-state index is 4.97. The van der Waals surface area contributed by atoms with Gasteiger partial charge in [0.25, 0.3) is 0 Å². The molecule has 1 aromatic carbocycles. The van der Waals surface area contributed by atoms with Gasteiger partial charge in [-0.1, -0.05) is 43.0 Å². The summed E-state index contributed by atoms with van der Waals surface area (Å²) in [6, 6.07) is 10.3. The highest BCUT2D eigenvalue weighted by atomic mass is 32.1. The van der Waals surface area contributed by atoms with Crippen molar-refractivity contribution < 1.29 is 0 Å². The van der Waals surface area contributed by atoms with Gasteiger partial charge in [0.1, 0.15) is 0 Å². The summed E-state index contributed by atoms with van der Waals surface area (Å²) in [7, 11) is 0. The smallest absolute Gasteiger partial charge is 0.0611 e. The van der Waals surface area contributed by atoms with Gasteiger partial charge in [0, 0.05) is 6.54 Å². The molecule has 0 amide bonds. The first-order valence-corrected chi connectivity index (χ1v) is 4.19. The number of hydrogen-bond acceptors (Lipinski definition) is 1. The number of nitrogens with one attached hydrogen (secondary N) is 1. The fourth-order valence-corrected chi connectivity index (χ4v) is 0.941. The van der Waals surface area contributed by atoms with Gasteiger partial charge >= 0.3 is 0 Å². The van der Waals surface area contributed by atoms with Crippen molar-refractivity contribution in [1.29, 1.82) is 0 Å². The minimum atomic E-state index is 0.148. The van der Waals surface area contributed by atoms with Crippen LogP contribution in [0.15, 0.2) is 30.3 Å². The third kappa shape index (κ3) is 3.44. The topological polar surface area (TPSA) is 12.0 Å². The largest absolute Gasteiger partial charge is 0.301 e. The molecule has 59 valence electrons. The van der Waals surface area contributed by atoms with Crippen molar-refractivity contribution in [2.45, 2.75) is 18.8 Å². The molecule has 1 aromatic rings. The zero-order chi connectivity index (χ0) is 8.10. The van der Waals surface area contributed by atoms with E-state index in [9.17, 15) is 0 Å². The summed E-state index contributed by atoms with van der Waals surface area (Å²) < 4.78 is 0. The molecule has 0 spiro atoms. The van der Waals surface area contributed by atoms with Crippen LogP contribution in [0.25, 0.3) is 0 Å². The fraction of sp³-hybridized carbons (Fsp3) is 0.333. The second-order valence-corrected chi connectivity index (χ2v) is 3.22. The van der Waals surface area contributed by atoms with E-state index in [-0.39, 0.29) is 5.37 Å². The minimum absolute atomic E-state index is 0.148. The average Bonchev–Trinajstić information content (AvgIpc) is 2.03. The maximum atomic E-state index is 4.97. The van der Waals surface area contributed by atoms with Gasteiger partial charge in [-0.05, 0) is 12.5 Å². The van der Waals surface area contributed by atoms with Crippen molar-refractivity contribution in [1.82, 2.24) is 5.32 Å². The van der Waals surface area contributed by atoms with Gasteiger partial charge in [-0.2, -0.15) is 0 Å². The van der Waals surface area contributed by atoms with Crippen LogP contribution >= 0.6 is 12.6 Å². The van der Waals surface area contributed by atoms with Crippen LogP contribution in [-0.4, -0.2) is 5.37 Å². The molecule has 1 nitrogen and oxygen atoms in total. The van der Waals surface area contributed by atoms with Crippen molar-refractivity contribution >= 4 is 12.6 Å². The van der Waals surface area contributed by atoms with Gasteiger partial charge in [0.15, 0.2) is 0 Å². The standard InChI is InChI=1S/C9H12NS/c1-8(11)10-7-9-5-3-2-4-6-9/h2-6,8,10H,7H2,1H3. The second-order valence-electron chi connectivity index (χ2n) is 2.51. The molecular weight excluding hydrogens is 154 g/mol. The SMILES string of the molecule is CC([S])NCc1ccccc1. The van der Waals surface area contributed by atoms with Gasteiger partial charge in [0.2, 0.25) is 0 Å². The molecule has 1 N–H and O–H groups in total. The van der Waals surface area contributed by atoms with Crippen LogP contribution in [0, 0.1) is 0 Å². The maximum Gasteiger partial charge on any atom is 0.0611 e. The molecule has 0 aromatic heterocycles. The Morgan fingerprint density at radius 2 is 2.00 bits per heavy atom. The molecule has 1 rings (SSSR count). The summed E-state index contributed by atoms with van der Waals surface area (Å²) in [4.78, 5) is 0. The molecule has 2 heteroatoms. The lowest BCUT2D eigenvalue weighted by Gasteiger charge is -2.05. The van der Waals surface area contributed by atoms with Crippen LogP contribution in [0.5, 0.6) is 0 Å². The summed E-state index contributed by atoms with van der Waals surface area (Å²) in [6.45, 7) is 2.84. The van der Waals surface area contributed by atoms with Crippen LogP contribution in [0.3, 0.4) is 0 Å². The van der Waals surface area contributed by atoms with E-state index in [1.54, 1.807) is 0 Å². The summed E-state index contributed by atoms with van der Waals surface area (Å²) in [5.41, 5.74) is 1.28. The quantitative estimate of drug-likeness (QED) is 0.726. The molecule has 11 heavy (non-hydrogen) atoms. The van der Waals surface area contributed by atoms with Crippen molar-refractivity contribution in [2.24, 2.45) is 0 Å². The van der Waals surface area contributed by atoms with Crippen LogP contribution in [0.4, 0.5) is 0 Å². The third-order valence-electron chi connectivity index (χ3n) is 1.44. The van der Waals surface area contributed by atoms with Crippen LogP contribution < -0.4 is 5.32 Å². The van der Waals surface area contributed by atoms with E-state index >= 15 is 0 Å². The van der Waals surface area contributed by atoms with E-state index in [0.717, 1.165) is 6.54 Å². The molecule has 0 saturated carbocycles. The van der Waals surface area contributed by atoms with Gasteiger partial charge in [-0.3, -0.25) is 0 Å². The third-order valence-corrected chi connectivity index (χ3v) is 1.60. The first-order chi connectivity index (χ1) is 5.29. The summed E-state index contributed by atoms with van der Waals surface area (Å²) >= 11 is 4.97. The van der Waals surface area contributed by atoms with Crippen molar-refractivity contribution in [2.75, 3.05) is 0 Å². The van der Waals surface area contributed by atoms with Crippen LogP contribution in [-0.2, 0) is 6.54 Å². The lowest BCUT2D eigenvalue weighted by molar-refractivity contribution is 0.691. The van der Waals surface area contributed by atoms with E-state index in [1.165, 1.54) is 5.56 Å². The zero-order valence-corrected chi connectivity index (χ0v) is 7.40. The summed E-state index contributed by atoms with van der Waals surface area (Å²) in [6.07, 6.45) is 0. The first kappa shape index (κ1) is 8.62. The molecule has 1 unspecified atom stereocenters. The molecule has 0 bridgehead atoms. The first-order valence-electron chi connectivity index (χ1n) is 3.72. The summed E-state index contributed by atoms with van der Waals surface area (Å²) in [5, 5.41) is 3.32. The summed E-state index contributed by atoms with van der Waals surface area (Å²) in [5.74, 6) is 0. The van der Waals surface area contributed by atoms with Crippen LogP contribution in [0.1, 0.15) is 12.5 Å². The lowest BCUT2D eigenvalue weighted by atomic mass is 10.2. The molecule has 1 radical (unpaired) electrons. The Hall–Kier alpha value is -0.470. The normalized spacial score (nSPS) is 12.9. The molecule has 0 aliphatic rings. The predicted molar refractivity (Wildman–Crippen MR) is 50.3 cm³/mol. The van der Waals surface area contributed by atoms with Gasteiger partial charge < -0.3 is 5.32 Å². The molecular formula is C9H12NS. The van der Waals surface area contributed by atoms with E-state index in [1.807, 2.05) is 25.1 Å². The van der Waals surface area contributed by atoms with Crippen molar-refractivity contribution in [3.63, 3.8) is 0 Å². The number of rotatable bonds is 3. The Morgan fingerprint density at radius 1 is 1.36 bits per heavy atom. The molecule has 0 heterocycles.